The molecule has 1 aromatic carbocycles. The average Bonchev–Trinajstić information content (AvgIpc) is 2.92. The fourth-order valence-corrected chi connectivity index (χ4v) is 2.31. The predicted molar refractivity (Wildman–Crippen MR) is 85.5 cm³/mol. The third kappa shape index (κ3) is 4.23. The molecule has 0 unspecified atom stereocenters. The highest BCUT2D eigenvalue weighted by molar-refractivity contribution is 7.97. The van der Waals surface area contributed by atoms with Crippen LogP contribution in [-0.4, -0.2) is 12.9 Å². The van der Waals surface area contributed by atoms with Crippen molar-refractivity contribution in [3.05, 3.63) is 47.9 Å². The Morgan fingerprint density at radius 3 is 2.75 bits per heavy atom. The van der Waals surface area contributed by atoms with E-state index in [-0.39, 0.29) is 0 Å². The number of hydrogen-bond acceptors (Lipinski definition) is 4. The van der Waals surface area contributed by atoms with Gasteiger partial charge in [-0.05, 0) is 36.9 Å². The summed E-state index contributed by atoms with van der Waals surface area (Å²) in [5, 5.41) is 3.37. The molecule has 108 valence electrons. The van der Waals surface area contributed by atoms with Gasteiger partial charge in [-0.1, -0.05) is 19.1 Å². The van der Waals surface area contributed by atoms with Crippen LogP contribution >= 0.6 is 11.8 Å². The molecule has 2 rings (SSSR count). The molecule has 20 heavy (non-hydrogen) atoms. The number of ether oxygens (including phenoxy) is 1. The van der Waals surface area contributed by atoms with Crippen molar-refractivity contribution in [1.82, 2.24) is 0 Å². The van der Waals surface area contributed by atoms with E-state index < -0.39 is 0 Å². The molecule has 0 saturated heterocycles. The number of thioether (sulfide) groups is 1. The molecule has 0 aliphatic heterocycles. The van der Waals surface area contributed by atoms with E-state index in [1.807, 2.05) is 36.4 Å². The van der Waals surface area contributed by atoms with Crippen LogP contribution in [-0.2, 0) is 12.3 Å². The van der Waals surface area contributed by atoms with Gasteiger partial charge < -0.3 is 14.5 Å². The Morgan fingerprint density at radius 1 is 1.15 bits per heavy atom. The highest BCUT2D eigenvalue weighted by atomic mass is 32.2. The summed E-state index contributed by atoms with van der Waals surface area (Å²) >= 11 is 1.76. The number of para-hydroxylation sites is 2. The van der Waals surface area contributed by atoms with Crippen molar-refractivity contribution in [2.24, 2.45) is 0 Å². The Bertz CT molecular complexity index is 525. The third-order valence-electron chi connectivity index (χ3n) is 2.81. The summed E-state index contributed by atoms with van der Waals surface area (Å²) in [6, 6.07) is 12.1. The van der Waals surface area contributed by atoms with Gasteiger partial charge in [0.05, 0.1) is 24.6 Å². The molecule has 0 radical (unpaired) electrons. The average molecular weight is 291 g/mol. The van der Waals surface area contributed by atoms with E-state index in [0.29, 0.717) is 6.54 Å². The van der Waals surface area contributed by atoms with Crippen LogP contribution in [0.15, 0.2) is 40.8 Å². The van der Waals surface area contributed by atoms with Gasteiger partial charge in [0.25, 0.3) is 0 Å². The molecule has 2 aromatic rings. The minimum absolute atomic E-state index is 0.668. The van der Waals surface area contributed by atoms with Crippen molar-refractivity contribution in [1.29, 1.82) is 0 Å². The van der Waals surface area contributed by atoms with Gasteiger partial charge >= 0.3 is 0 Å². The van der Waals surface area contributed by atoms with Gasteiger partial charge in [-0.2, -0.15) is 11.8 Å². The van der Waals surface area contributed by atoms with Crippen molar-refractivity contribution in [2.45, 2.75) is 25.6 Å². The van der Waals surface area contributed by atoms with Crippen LogP contribution in [0.3, 0.4) is 0 Å². The summed E-state index contributed by atoms with van der Waals surface area (Å²) in [7, 11) is 0. The largest absolute Gasteiger partial charge is 0.491 e. The Labute approximate surface area is 124 Å². The smallest absolute Gasteiger partial charge is 0.142 e. The van der Waals surface area contributed by atoms with Crippen molar-refractivity contribution in [3.63, 3.8) is 0 Å². The first kappa shape index (κ1) is 14.9. The zero-order valence-corrected chi connectivity index (χ0v) is 12.8. The predicted octanol–water partition coefficient (Wildman–Crippen LogP) is 4.54. The molecule has 3 nitrogen and oxygen atoms in total. The summed E-state index contributed by atoms with van der Waals surface area (Å²) in [4.78, 5) is 0. The van der Waals surface area contributed by atoms with E-state index in [1.165, 1.54) is 0 Å². The lowest BCUT2D eigenvalue weighted by Gasteiger charge is -2.11. The van der Waals surface area contributed by atoms with E-state index in [1.54, 1.807) is 11.8 Å². The van der Waals surface area contributed by atoms with Gasteiger partial charge in [0.1, 0.15) is 17.3 Å². The molecule has 0 aliphatic carbocycles. The molecule has 4 heteroatoms. The second-order valence-corrected chi connectivity index (χ2v) is 5.37. The number of nitrogens with one attached hydrogen (secondary N) is 1. The first-order chi connectivity index (χ1) is 9.83. The third-order valence-corrected chi connectivity index (χ3v) is 3.38. The standard InChI is InChI=1S/C16H21NO2S/c1-3-10-18-16-7-5-4-6-15(16)17-11-13-8-9-14(19-13)12-20-2/h4-9,17H,3,10-12H2,1-2H3. The van der Waals surface area contributed by atoms with Crippen LogP contribution < -0.4 is 10.1 Å². The van der Waals surface area contributed by atoms with Crippen LogP contribution in [0.2, 0.25) is 0 Å². The number of hydrogen-bond donors (Lipinski definition) is 1. The summed E-state index contributed by atoms with van der Waals surface area (Å²) in [5.41, 5.74) is 1.00. The van der Waals surface area contributed by atoms with Gasteiger partial charge in [0.15, 0.2) is 0 Å². The highest BCUT2D eigenvalue weighted by Crippen LogP contribution is 2.25. The number of furan rings is 1. The van der Waals surface area contributed by atoms with Crippen LogP contribution in [0.1, 0.15) is 24.9 Å². The minimum atomic E-state index is 0.668. The first-order valence-corrected chi connectivity index (χ1v) is 8.25. The normalized spacial score (nSPS) is 10.5. The molecule has 1 heterocycles. The SMILES string of the molecule is CCCOc1ccccc1NCc1ccc(CSC)o1. The molecular formula is C16H21NO2S. The Kier molecular flexibility index (Phi) is 5.87. The summed E-state index contributed by atoms with van der Waals surface area (Å²) < 4.78 is 11.5. The van der Waals surface area contributed by atoms with Crippen molar-refractivity contribution < 1.29 is 9.15 Å². The Balaban J connectivity index is 1.95. The molecule has 1 aromatic heterocycles. The summed E-state index contributed by atoms with van der Waals surface area (Å²) in [6.45, 7) is 3.50. The van der Waals surface area contributed by atoms with Gasteiger partial charge in [-0.3, -0.25) is 0 Å². The highest BCUT2D eigenvalue weighted by Gasteiger charge is 2.05. The van der Waals surface area contributed by atoms with Gasteiger partial charge in [-0.25, -0.2) is 0 Å². The zero-order valence-electron chi connectivity index (χ0n) is 12.0. The molecule has 0 amide bonds. The number of rotatable bonds is 8. The maximum Gasteiger partial charge on any atom is 0.142 e. The zero-order chi connectivity index (χ0) is 14.2. The van der Waals surface area contributed by atoms with Crippen LogP contribution in [0.5, 0.6) is 5.75 Å². The maximum absolute atomic E-state index is 5.74. The Morgan fingerprint density at radius 2 is 1.95 bits per heavy atom. The monoisotopic (exact) mass is 291 g/mol. The first-order valence-electron chi connectivity index (χ1n) is 6.85. The maximum atomic E-state index is 5.74. The van der Waals surface area contributed by atoms with Gasteiger partial charge in [0, 0.05) is 0 Å². The quantitative estimate of drug-likeness (QED) is 0.774. The molecule has 0 fully saturated rings. The second-order valence-electron chi connectivity index (χ2n) is 4.50. The molecule has 0 spiro atoms. The number of anilines is 1. The molecule has 1 N–H and O–H groups in total. The van der Waals surface area contributed by atoms with Crippen LogP contribution in [0.4, 0.5) is 5.69 Å². The topological polar surface area (TPSA) is 34.4 Å². The van der Waals surface area contributed by atoms with E-state index in [0.717, 1.165) is 41.7 Å². The molecule has 0 atom stereocenters. The summed E-state index contributed by atoms with van der Waals surface area (Å²) in [5.74, 6) is 3.77. The summed E-state index contributed by atoms with van der Waals surface area (Å²) in [6.07, 6.45) is 3.08. The lowest BCUT2D eigenvalue weighted by molar-refractivity contribution is 0.318. The second kappa shape index (κ2) is 7.90. The molecule has 0 aliphatic rings. The van der Waals surface area contributed by atoms with Crippen LogP contribution in [0, 0.1) is 0 Å². The minimum Gasteiger partial charge on any atom is -0.491 e. The molecule has 0 saturated carbocycles. The van der Waals surface area contributed by atoms with E-state index >= 15 is 0 Å². The van der Waals surface area contributed by atoms with E-state index in [2.05, 4.69) is 18.5 Å². The number of benzene rings is 1. The fourth-order valence-electron chi connectivity index (χ4n) is 1.87. The molecular weight excluding hydrogens is 270 g/mol. The molecule has 0 bridgehead atoms. The van der Waals surface area contributed by atoms with Crippen molar-refractivity contribution >= 4 is 17.4 Å². The van der Waals surface area contributed by atoms with Crippen molar-refractivity contribution in [3.8, 4) is 5.75 Å². The Hall–Kier alpha value is -1.55. The lowest BCUT2D eigenvalue weighted by Crippen LogP contribution is -2.02. The van der Waals surface area contributed by atoms with E-state index in [9.17, 15) is 0 Å². The lowest BCUT2D eigenvalue weighted by atomic mass is 10.3. The van der Waals surface area contributed by atoms with Crippen molar-refractivity contribution in [2.75, 3.05) is 18.2 Å². The van der Waals surface area contributed by atoms with E-state index in [4.69, 9.17) is 9.15 Å². The van der Waals surface area contributed by atoms with Crippen LogP contribution in [0.25, 0.3) is 0 Å². The van der Waals surface area contributed by atoms with Gasteiger partial charge in [-0.15, -0.1) is 0 Å². The van der Waals surface area contributed by atoms with Gasteiger partial charge in [0.2, 0.25) is 0 Å². The fraction of sp³-hybridized carbons (Fsp3) is 0.375.